The fourth-order valence-corrected chi connectivity index (χ4v) is 2.71. The van der Waals surface area contributed by atoms with Crippen molar-refractivity contribution in [2.45, 2.75) is 0 Å². The van der Waals surface area contributed by atoms with Crippen LogP contribution in [-0.2, 0) is 0 Å². The fraction of sp³-hybridized carbons (Fsp3) is 0.105. The van der Waals surface area contributed by atoms with E-state index in [9.17, 15) is 25.0 Å². The van der Waals surface area contributed by atoms with Crippen molar-refractivity contribution >= 4 is 34.6 Å². The van der Waals surface area contributed by atoms with Crippen LogP contribution < -0.4 is 25.6 Å². The molecule has 14 heteroatoms. The van der Waals surface area contributed by atoms with Crippen molar-refractivity contribution in [3.8, 4) is 11.5 Å². The van der Waals surface area contributed by atoms with E-state index >= 15 is 0 Å². The van der Waals surface area contributed by atoms with Crippen molar-refractivity contribution in [3.63, 3.8) is 0 Å². The van der Waals surface area contributed by atoms with E-state index in [0.29, 0.717) is 17.2 Å². The Morgan fingerprint density at radius 1 is 0.970 bits per heavy atom. The number of nitrogens with zero attached hydrogens (tertiary/aromatic N) is 4. The number of hydrogen-bond acceptors (Lipinski definition) is 11. The van der Waals surface area contributed by atoms with Gasteiger partial charge in [-0.05, 0) is 18.2 Å². The minimum Gasteiger partial charge on any atom is -0.497 e. The van der Waals surface area contributed by atoms with Crippen molar-refractivity contribution in [3.05, 3.63) is 74.6 Å². The number of benzene rings is 2. The predicted octanol–water partition coefficient (Wildman–Crippen LogP) is 2.81. The van der Waals surface area contributed by atoms with E-state index in [-0.39, 0.29) is 22.9 Å². The van der Waals surface area contributed by atoms with E-state index in [2.05, 4.69) is 26.1 Å². The third-order valence-corrected chi connectivity index (χ3v) is 4.28. The molecule has 0 saturated carbocycles. The van der Waals surface area contributed by atoms with Gasteiger partial charge in [-0.1, -0.05) is 6.07 Å². The molecule has 14 nitrogen and oxygen atoms in total. The van der Waals surface area contributed by atoms with Crippen LogP contribution in [0.15, 0.2) is 48.8 Å². The monoisotopic (exact) mass is 455 g/mol. The highest BCUT2D eigenvalue weighted by Gasteiger charge is 2.25. The molecule has 3 N–H and O–H groups in total. The summed E-state index contributed by atoms with van der Waals surface area (Å²) in [6.45, 7) is 0. The number of methoxy groups -OCH3 is 2. The standard InChI is InChI=1S/C19H17N7O7/c1-32-13-6-7-14(15(9-13)33-2)22-17-16(26(30)31)18(21-10-20-17)23-24-19(27)11-4-3-5-12(8-11)25(28)29/h3-10H,1-2H3,(H,24,27)(H2,20,21,22,23). The topological polar surface area (TPSA) is 184 Å². The van der Waals surface area contributed by atoms with E-state index in [4.69, 9.17) is 9.47 Å². The number of carbonyl (C=O) groups excluding carboxylic acids is 1. The number of nitrogens with one attached hydrogen (secondary N) is 3. The molecule has 0 radical (unpaired) electrons. The van der Waals surface area contributed by atoms with Crippen LogP contribution in [0.3, 0.4) is 0 Å². The number of nitro benzene ring substituents is 1. The lowest BCUT2D eigenvalue weighted by Crippen LogP contribution is -2.30. The molecule has 1 amide bonds. The molecule has 0 aliphatic carbocycles. The number of rotatable bonds is 9. The zero-order chi connectivity index (χ0) is 24.0. The molecule has 3 rings (SSSR count). The lowest BCUT2D eigenvalue weighted by molar-refractivity contribution is -0.384. The van der Waals surface area contributed by atoms with Gasteiger partial charge in [0.1, 0.15) is 17.8 Å². The average molecular weight is 455 g/mol. The van der Waals surface area contributed by atoms with Crippen LogP contribution in [0.4, 0.5) is 28.7 Å². The SMILES string of the molecule is COc1ccc(Nc2ncnc(NNC(=O)c3cccc([N+](=O)[O-])c3)c2[N+](=O)[O-])c(OC)c1. The van der Waals surface area contributed by atoms with Gasteiger partial charge in [0.25, 0.3) is 11.6 Å². The van der Waals surface area contributed by atoms with Crippen LogP contribution in [0.25, 0.3) is 0 Å². The van der Waals surface area contributed by atoms with E-state index in [1.54, 1.807) is 18.2 Å². The van der Waals surface area contributed by atoms with Crippen molar-refractivity contribution in [2.75, 3.05) is 25.0 Å². The molecule has 170 valence electrons. The van der Waals surface area contributed by atoms with Crippen molar-refractivity contribution in [1.82, 2.24) is 15.4 Å². The van der Waals surface area contributed by atoms with Crippen molar-refractivity contribution in [2.24, 2.45) is 0 Å². The number of nitro groups is 2. The van der Waals surface area contributed by atoms with Gasteiger partial charge in [-0.3, -0.25) is 35.9 Å². The summed E-state index contributed by atoms with van der Waals surface area (Å²) in [7, 11) is 2.90. The molecule has 33 heavy (non-hydrogen) atoms. The van der Waals surface area contributed by atoms with Crippen LogP contribution in [0.5, 0.6) is 11.5 Å². The summed E-state index contributed by atoms with van der Waals surface area (Å²) in [6, 6.07) is 9.76. The molecule has 3 aromatic rings. The number of hydrogen-bond donors (Lipinski definition) is 3. The summed E-state index contributed by atoms with van der Waals surface area (Å²) in [5, 5.41) is 25.4. The van der Waals surface area contributed by atoms with Crippen LogP contribution in [0.2, 0.25) is 0 Å². The molecule has 2 aromatic carbocycles. The van der Waals surface area contributed by atoms with Crippen LogP contribution in [-0.4, -0.2) is 39.9 Å². The second-order valence-electron chi connectivity index (χ2n) is 6.25. The number of hydrazine groups is 1. The number of anilines is 3. The average Bonchev–Trinajstić information content (AvgIpc) is 2.82. The summed E-state index contributed by atoms with van der Waals surface area (Å²) < 4.78 is 10.4. The van der Waals surface area contributed by atoms with Gasteiger partial charge < -0.3 is 14.8 Å². The maximum atomic E-state index is 12.3. The molecule has 0 fully saturated rings. The first kappa shape index (κ1) is 22.7. The Kier molecular flexibility index (Phi) is 6.78. The normalized spacial score (nSPS) is 10.1. The lowest BCUT2D eigenvalue weighted by Gasteiger charge is -2.13. The van der Waals surface area contributed by atoms with Gasteiger partial charge in [-0.2, -0.15) is 0 Å². The Morgan fingerprint density at radius 3 is 2.39 bits per heavy atom. The molecular weight excluding hydrogens is 438 g/mol. The number of ether oxygens (including phenoxy) is 2. The van der Waals surface area contributed by atoms with Gasteiger partial charge in [0.15, 0.2) is 0 Å². The number of amides is 1. The molecular formula is C19H17N7O7. The van der Waals surface area contributed by atoms with E-state index < -0.39 is 21.4 Å². The van der Waals surface area contributed by atoms with Gasteiger partial charge in [-0.15, -0.1) is 0 Å². The zero-order valence-corrected chi connectivity index (χ0v) is 17.3. The van der Waals surface area contributed by atoms with Crippen LogP contribution in [0.1, 0.15) is 10.4 Å². The summed E-state index contributed by atoms with van der Waals surface area (Å²) in [6.07, 6.45) is 1.05. The van der Waals surface area contributed by atoms with Gasteiger partial charge in [-0.25, -0.2) is 9.97 Å². The number of carbonyl (C=O) groups is 1. The summed E-state index contributed by atoms with van der Waals surface area (Å²) >= 11 is 0. The third-order valence-electron chi connectivity index (χ3n) is 4.28. The Morgan fingerprint density at radius 2 is 1.73 bits per heavy atom. The minimum absolute atomic E-state index is 0.0327. The van der Waals surface area contributed by atoms with Gasteiger partial charge in [0, 0.05) is 23.8 Å². The molecule has 0 unspecified atom stereocenters. The van der Waals surface area contributed by atoms with Crippen LogP contribution in [0, 0.1) is 20.2 Å². The van der Waals surface area contributed by atoms with E-state index in [1.165, 1.54) is 32.4 Å². The Hall–Kier alpha value is -5.01. The smallest absolute Gasteiger partial charge is 0.355 e. The first-order chi connectivity index (χ1) is 15.8. The molecule has 1 aromatic heterocycles. The molecule has 0 atom stereocenters. The van der Waals surface area contributed by atoms with Crippen molar-refractivity contribution < 1.29 is 24.1 Å². The Bertz CT molecular complexity index is 1220. The molecule has 0 aliphatic heterocycles. The maximum absolute atomic E-state index is 12.3. The minimum atomic E-state index is -0.766. The van der Waals surface area contributed by atoms with Gasteiger partial charge >= 0.3 is 5.69 Å². The lowest BCUT2D eigenvalue weighted by atomic mass is 10.2. The predicted molar refractivity (Wildman–Crippen MR) is 116 cm³/mol. The maximum Gasteiger partial charge on any atom is 0.355 e. The van der Waals surface area contributed by atoms with Crippen LogP contribution >= 0.6 is 0 Å². The van der Waals surface area contributed by atoms with E-state index in [1.807, 2.05) is 0 Å². The fourth-order valence-electron chi connectivity index (χ4n) is 2.71. The summed E-state index contributed by atoms with van der Waals surface area (Å²) in [4.78, 5) is 41.3. The molecule has 1 heterocycles. The number of aromatic nitrogens is 2. The Balaban J connectivity index is 1.85. The summed E-state index contributed by atoms with van der Waals surface area (Å²) in [5.74, 6) is -0.399. The first-order valence-corrected chi connectivity index (χ1v) is 9.13. The third kappa shape index (κ3) is 5.19. The molecule has 0 bridgehead atoms. The quantitative estimate of drug-likeness (QED) is 0.318. The van der Waals surface area contributed by atoms with Crippen molar-refractivity contribution in [1.29, 1.82) is 0 Å². The van der Waals surface area contributed by atoms with Gasteiger partial charge in [0.2, 0.25) is 11.6 Å². The highest BCUT2D eigenvalue weighted by Crippen LogP contribution is 2.35. The number of non-ortho nitro benzene ring substituents is 1. The largest absolute Gasteiger partial charge is 0.497 e. The second-order valence-corrected chi connectivity index (χ2v) is 6.25. The molecule has 0 saturated heterocycles. The Labute approximate surface area is 185 Å². The molecule has 0 spiro atoms. The first-order valence-electron chi connectivity index (χ1n) is 9.13. The van der Waals surface area contributed by atoms with E-state index in [0.717, 1.165) is 12.4 Å². The summed E-state index contributed by atoms with van der Waals surface area (Å²) in [5.41, 5.74) is 4.08. The molecule has 0 aliphatic rings. The highest BCUT2D eigenvalue weighted by molar-refractivity contribution is 5.95. The second kappa shape index (κ2) is 9.86. The zero-order valence-electron chi connectivity index (χ0n) is 17.3. The highest BCUT2D eigenvalue weighted by atomic mass is 16.6. The van der Waals surface area contributed by atoms with Gasteiger partial charge in [0.05, 0.1) is 29.8 Å².